The lowest BCUT2D eigenvalue weighted by Crippen LogP contribution is -2.32. The Bertz CT molecular complexity index is 1110. The van der Waals surface area contributed by atoms with Crippen molar-refractivity contribution in [3.63, 3.8) is 0 Å². The van der Waals surface area contributed by atoms with Crippen molar-refractivity contribution in [2.45, 2.75) is 31.7 Å². The smallest absolute Gasteiger partial charge is 0.261 e. The summed E-state index contributed by atoms with van der Waals surface area (Å²) >= 11 is 0. The van der Waals surface area contributed by atoms with Crippen molar-refractivity contribution in [1.29, 1.82) is 0 Å². The molecule has 0 spiro atoms. The van der Waals surface area contributed by atoms with Gasteiger partial charge in [-0.1, -0.05) is 56.3 Å². The van der Waals surface area contributed by atoms with Crippen molar-refractivity contribution in [1.82, 2.24) is 5.32 Å². The Balaban J connectivity index is 1.74. The Labute approximate surface area is 178 Å². The highest BCUT2D eigenvalue weighted by Gasteiger charge is 2.21. The van der Waals surface area contributed by atoms with Gasteiger partial charge in [0.05, 0.1) is 10.9 Å². The minimum atomic E-state index is -3.67. The van der Waals surface area contributed by atoms with E-state index in [2.05, 4.69) is 23.9 Å². The first-order chi connectivity index (χ1) is 14.3. The molecule has 1 unspecified atom stereocenters. The van der Waals surface area contributed by atoms with Crippen LogP contribution in [0.25, 0.3) is 0 Å². The van der Waals surface area contributed by atoms with Gasteiger partial charge in [0.15, 0.2) is 0 Å². The molecule has 0 aliphatic heterocycles. The minimum Gasteiger partial charge on any atom is -0.345 e. The van der Waals surface area contributed by atoms with Crippen LogP contribution in [0.3, 0.4) is 0 Å². The van der Waals surface area contributed by atoms with Gasteiger partial charge in [-0.3, -0.25) is 9.52 Å². The number of sulfonamides is 1. The van der Waals surface area contributed by atoms with E-state index in [1.165, 1.54) is 12.1 Å². The van der Waals surface area contributed by atoms with Gasteiger partial charge in [0, 0.05) is 11.3 Å². The summed E-state index contributed by atoms with van der Waals surface area (Å²) in [6.45, 7) is 6.17. The predicted octanol–water partition coefficient (Wildman–Crippen LogP) is 4.92. The number of aryl methyl sites for hydroxylation is 1. The first-order valence-corrected chi connectivity index (χ1v) is 11.3. The lowest BCUT2D eigenvalue weighted by molar-refractivity contribution is 0.0925. The van der Waals surface area contributed by atoms with Crippen LogP contribution < -0.4 is 10.0 Å². The topological polar surface area (TPSA) is 75.3 Å². The van der Waals surface area contributed by atoms with Crippen molar-refractivity contribution in [3.8, 4) is 0 Å². The number of benzene rings is 3. The second kappa shape index (κ2) is 9.13. The van der Waals surface area contributed by atoms with E-state index >= 15 is 0 Å². The highest BCUT2D eigenvalue weighted by molar-refractivity contribution is 7.92. The van der Waals surface area contributed by atoms with Crippen LogP contribution in [0, 0.1) is 12.8 Å². The van der Waals surface area contributed by atoms with Gasteiger partial charge >= 0.3 is 0 Å². The van der Waals surface area contributed by atoms with E-state index < -0.39 is 10.0 Å². The number of anilines is 1. The Hall–Kier alpha value is -3.12. The fourth-order valence-corrected chi connectivity index (χ4v) is 4.35. The first-order valence-electron chi connectivity index (χ1n) is 9.82. The van der Waals surface area contributed by atoms with Gasteiger partial charge in [-0.05, 0) is 60.4 Å². The van der Waals surface area contributed by atoms with Gasteiger partial charge in [0.2, 0.25) is 0 Å². The molecule has 0 heterocycles. The summed E-state index contributed by atoms with van der Waals surface area (Å²) < 4.78 is 27.4. The van der Waals surface area contributed by atoms with E-state index in [4.69, 9.17) is 0 Å². The molecule has 5 nitrogen and oxygen atoms in total. The third-order valence-electron chi connectivity index (χ3n) is 4.93. The van der Waals surface area contributed by atoms with Crippen LogP contribution >= 0.6 is 0 Å². The quantitative estimate of drug-likeness (QED) is 0.567. The number of nitrogens with one attached hydrogen (secondary N) is 2. The second-order valence-corrected chi connectivity index (χ2v) is 9.23. The van der Waals surface area contributed by atoms with Gasteiger partial charge in [-0.25, -0.2) is 8.42 Å². The van der Waals surface area contributed by atoms with Crippen LogP contribution in [0.5, 0.6) is 0 Å². The van der Waals surface area contributed by atoms with Crippen LogP contribution in [0.15, 0.2) is 83.8 Å². The lowest BCUT2D eigenvalue weighted by Gasteiger charge is -2.24. The Morgan fingerprint density at radius 2 is 1.43 bits per heavy atom. The van der Waals surface area contributed by atoms with E-state index in [9.17, 15) is 13.2 Å². The number of hydrogen-bond donors (Lipinski definition) is 2. The lowest BCUT2D eigenvalue weighted by atomic mass is 9.92. The van der Waals surface area contributed by atoms with Crippen LogP contribution in [-0.2, 0) is 10.0 Å². The van der Waals surface area contributed by atoms with E-state index in [-0.39, 0.29) is 22.8 Å². The Morgan fingerprint density at radius 3 is 2.03 bits per heavy atom. The number of hydrogen-bond acceptors (Lipinski definition) is 3. The molecule has 1 amide bonds. The number of carbonyl (C=O) groups is 1. The van der Waals surface area contributed by atoms with Crippen LogP contribution in [0.4, 0.5) is 5.69 Å². The molecule has 0 radical (unpaired) electrons. The zero-order valence-electron chi connectivity index (χ0n) is 17.3. The second-order valence-electron chi connectivity index (χ2n) is 7.55. The van der Waals surface area contributed by atoms with Crippen molar-refractivity contribution in [3.05, 3.63) is 95.6 Å². The summed E-state index contributed by atoms with van der Waals surface area (Å²) in [5.41, 5.74) is 3.09. The van der Waals surface area contributed by atoms with E-state index in [1.807, 2.05) is 31.2 Å². The largest absolute Gasteiger partial charge is 0.345 e. The first kappa shape index (κ1) is 21.6. The van der Waals surface area contributed by atoms with Gasteiger partial charge in [-0.2, -0.15) is 0 Å². The molecule has 0 aliphatic rings. The van der Waals surface area contributed by atoms with Gasteiger partial charge < -0.3 is 5.32 Å². The summed E-state index contributed by atoms with van der Waals surface area (Å²) in [7, 11) is -3.67. The SMILES string of the molecule is Cc1ccccc1C(NC(=O)c1ccc(NS(=O)(=O)c2ccccc2)cc1)C(C)C. The van der Waals surface area contributed by atoms with Crippen LogP contribution in [0.1, 0.15) is 41.4 Å². The predicted molar refractivity (Wildman–Crippen MR) is 120 cm³/mol. The van der Waals surface area contributed by atoms with E-state index in [1.54, 1.807) is 42.5 Å². The standard InChI is InChI=1S/C24H26N2O3S/c1-17(2)23(22-12-8-7-9-18(22)3)25-24(27)19-13-15-20(16-14-19)26-30(28,29)21-10-5-4-6-11-21/h4-17,23,26H,1-3H3,(H,25,27). The van der Waals surface area contributed by atoms with Crippen molar-refractivity contribution in [2.24, 2.45) is 5.92 Å². The van der Waals surface area contributed by atoms with E-state index in [0.717, 1.165) is 11.1 Å². The fraction of sp³-hybridized carbons (Fsp3) is 0.208. The molecule has 0 saturated carbocycles. The molecule has 0 aliphatic carbocycles. The normalized spacial score (nSPS) is 12.4. The molecule has 2 N–H and O–H groups in total. The van der Waals surface area contributed by atoms with Gasteiger partial charge in [-0.15, -0.1) is 0 Å². The fourth-order valence-electron chi connectivity index (χ4n) is 3.27. The monoisotopic (exact) mass is 422 g/mol. The molecule has 1 atom stereocenters. The maximum absolute atomic E-state index is 12.8. The summed E-state index contributed by atoms with van der Waals surface area (Å²) in [6.07, 6.45) is 0. The summed E-state index contributed by atoms with van der Waals surface area (Å²) in [4.78, 5) is 13.0. The van der Waals surface area contributed by atoms with Crippen molar-refractivity contribution < 1.29 is 13.2 Å². The minimum absolute atomic E-state index is 0.116. The molecule has 0 aromatic heterocycles. The molecular weight excluding hydrogens is 396 g/mol. The average molecular weight is 423 g/mol. The molecular formula is C24H26N2O3S. The van der Waals surface area contributed by atoms with Crippen LogP contribution in [0.2, 0.25) is 0 Å². The maximum atomic E-state index is 12.8. The molecule has 3 aromatic rings. The molecule has 3 aromatic carbocycles. The Kier molecular flexibility index (Phi) is 6.57. The highest BCUT2D eigenvalue weighted by Crippen LogP contribution is 2.25. The number of amides is 1. The van der Waals surface area contributed by atoms with Crippen molar-refractivity contribution >= 4 is 21.6 Å². The van der Waals surface area contributed by atoms with Crippen LogP contribution in [-0.4, -0.2) is 14.3 Å². The van der Waals surface area contributed by atoms with Gasteiger partial charge in [0.25, 0.3) is 15.9 Å². The molecule has 0 bridgehead atoms. The van der Waals surface area contributed by atoms with Gasteiger partial charge in [0.1, 0.15) is 0 Å². The zero-order valence-corrected chi connectivity index (χ0v) is 18.1. The third kappa shape index (κ3) is 5.07. The summed E-state index contributed by atoms with van der Waals surface area (Å²) in [5, 5.41) is 3.11. The molecule has 30 heavy (non-hydrogen) atoms. The van der Waals surface area contributed by atoms with E-state index in [0.29, 0.717) is 11.3 Å². The molecule has 3 rings (SSSR count). The highest BCUT2D eigenvalue weighted by atomic mass is 32.2. The maximum Gasteiger partial charge on any atom is 0.261 e. The average Bonchev–Trinajstić information content (AvgIpc) is 2.73. The molecule has 0 fully saturated rings. The van der Waals surface area contributed by atoms with Crippen molar-refractivity contribution in [2.75, 3.05) is 4.72 Å². The number of carbonyl (C=O) groups excluding carboxylic acids is 1. The number of rotatable bonds is 7. The molecule has 0 saturated heterocycles. The third-order valence-corrected chi connectivity index (χ3v) is 6.33. The Morgan fingerprint density at radius 1 is 0.833 bits per heavy atom. The summed E-state index contributed by atoms with van der Waals surface area (Å²) in [5.74, 6) is 0.0152. The zero-order chi connectivity index (χ0) is 21.7. The molecule has 156 valence electrons. The summed E-state index contributed by atoms with van der Waals surface area (Å²) in [6, 6.07) is 22.5. The molecule has 6 heteroatoms.